The highest BCUT2D eigenvalue weighted by molar-refractivity contribution is 7.99. The molecule has 2 atom stereocenters. The van der Waals surface area contributed by atoms with Gasteiger partial charge in [-0.1, -0.05) is 43.3 Å². The number of nitrogens with one attached hydrogen (secondary N) is 1. The fourth-order valence-electron chi connectivity index (χ4n) is 2.76. The predicted molar refractivity (Wildman–Crippen MR) is 76.5 cm³/mol. The molecule has 17 heavy (non-hydrogen) atoms. The topological polar surface area (TPSA) is 12.0 Å². The van der Waals surface area contributed by atoms with Crippen LogP contribution in [0.2, 0.25) is 0 Å². The van der Waals surface area contributed by atoms with Crippen molar-refractivity contribution in [1.29, 1.82) is 0 Å². The summed E-state index contributed by atoms with van der Waals surface area (Å²) >= 11 is 2.05. The molecule has 0 aromatic heterocycles. The third-order valence-electron chi connectivity index (χ3n) is 3.68. The normalized spacial score (nSPS) is 23.6. The quantitative estimate of drug-likeness (QED) is 0.819. The Labute approximate surface area is 107 Å². The van der Waals surface area contributed by atoms with Crippen LogP contribution >= 0.6 is 11.8 Å². The third kappa shape index (κ3) is 1.76. The smallest absolute Gasteiger partial charge is 0.0438 e. The van der Waals surface area contributed by atoms with Crippen LogP contribution in [0.15, 0.2) is 36.4 Å². The lowest BCUT2D eigenvalue weighted by Crippen LogP contribution is -2.29. The van der Waals surface area contributed by atoms with E-state index in [2.05, 4.69) is 55.7 Å². The first-order valence-electron chi connectivity index (χ1n) is 6.10. The van der Waals surface area contributed by atoms with Crippen LogP contribution in [-0.2, 0) is 5.75 Å². The summed E-state index contributed by atoms with van der Waals surface area (Å²) in [6.07, 6.45) is 0. The van der Waals surface area contributed by atoms with Crippen molar-refractivity contribution in [3.63, 3.8) is 0 Å². The average molecular weight is 243 g/mol. The Morgan fingerprint density at radius 2 is 2.00 bits per heavy atom. The maximum Gasteiger partial charge on any atom is 0.0438 e. The van der Waals surface area contributed by atoms with Crippen LogP contribution < -0.4 is 5.32 Å². The van der Waals surface area contributed by atoms with Gasteiger partial charge in [-0.25, -0.2) is 0 Å². The number of hydrogen-bond donors (Lipinski definition) is 1. The van der Waals surface area contributed by atoms with Crippen LogP contribution in [-0.4, -0.2) is 12.3 Å². The molecule has 2 heteroatoms. The maximum absolute atomic E-state index is 3.45. The second-order valence-corrected chi connectivity index (χ2v) is 6.00. The van der Waals surface area contributed by atoms with Crippen LogP contribution in [0.25, 0.3) is 10.8 Å². The van der Waals surface area contributed by atoms with Gasteiger partial charge >= 0.3 is 0 Å². The van der Waals surface area contributed by atoms with Crippen LogP contribution in [0.5, 0.6) is 0 Å². The molecular formula is C15H17NS. The van der Waals surface area contributed by atoms with Gasteiger partial charge in [-0.15, -0.1) is 0 Å². The van der Waals surface area contributed by atoms with E-state index in [1.165, 1.54) is 21.9 Å². The van der Waals surface area contributed by atoms with Gasteiger partial charge in [0.2, 0.25) is 0 Å². The first-order chi connectivity index (χ1) is 8.31. The first-order valence-corrected chi connectivity index (χ1v) is 7.15. The van der Waals surface area contributed by atoms with Crippen molar-refractivity contribution in [2.45, 2.75) is 24.0 Å². The van der Waals surface area contributed by atoms with Crippen molar-refractivity contribution in [3.05, 3.63) is 47.5 Å². The van der Waals surface area contributed by atoms with Gasteiger partial charge in [-0.2, -0.15) is 11.8 Å². The summed E-state index contributed by atoms with van der Waals surface area (Å²) in [5.41, 5.74) is 3.00. The molecule has 3 rings (SSSR count). The minimum atomic E-state index is 0.480. The molecule has 0 saturated carbocycles. The van der Waals surface area contributed by atoms with Gasteiger partial charge in [0.1, 0.15) is 0 Å². The van der Waals surface area contributed by atoms with Crippen molar-refractivity contribution < 1.29 is 0 Å². The Morgan fingerprint density at radius 3 is 2.82 bits per heavy atom. The number of thioether (sulfide) groups is 1. The minimum Gasteiger partial charge on any atom is -0.312 e. The van der Waals surface area contributed by atoms with E-state index in [9.17, 15) is 0 Å². The van der Waals surface area contributed by atoms with Crippen LogP contribution in [0.4, 0.5) is 0 Å². The summed E-state index contributed by atoms with van der Waals surface area (Å²) < 4.78 is 0. The molecule has 0 spiro atoms. The standard InChI is InChI=1S/C15H17NS/c1-10-15(16-2)13-8-7-11-5-3-4-6-12(11)14(13)9-17-10/h3-8,10,15-16H,9H2,1-2H3. The second kappa shape index (κ2) is 4.35. The third-order valence-corrected chi connectivity index (χ3v) is 4.94. The Balaban J connectivity index is 2.24. The lowest BCUT2D eigenvalue weighted by atomic mass is 9.93. The molecule has 0 saturated heterocycles. The van der Waals surface area contributed by atoms with Gasteiger partial charge < -0.3 is 5.32 Å². The van der Waals surface area contributed by atoms with E-state index >= 15 is 0 Å². The zero-order chi connectivity index (χ0) is 11.8. The molecule has 88 valence electrons. The lowest BCUT2D eigenvalue weighted by Gasteiger charge is -2.31. The Bertz CT molecular complexity index is 550. The van der Waals surface area contributed by atoms with Crippen molar-refractivity contribution in [2.24, 2.45) is 0 Å². The predicted octanol–water partition coefficient (Wildman–Crippen LogP) is 3.74. The molecule has 1 aliphatic heterocycles. The van der Waals surface area contributed by atoms with Gasteiger partial charge in [-0.05, 0) is 28.9 Å². The number of fused-ring (bicyclic) bond motifs is 3. The summed E-state index contributed by atoms with van der Waals surface area (Å²) in [7, 11) is 2.06. The highest BCUT2D eigenvalue weighted by Crippen LogP contribution is 2.40. The first kappa shape index (κ1) is 11.1. The van der Waals surface area contributed by atoms with Crippen molar-refractivity contribution in [1.82, 2.24) is 5.32 Å². The van der Waals surface area contributed by atoms with E-state index in [1.54, 1.807) is 0 Å². The fourth-order valence-corrected chi connectivity index (χ4v) is 3.99. The van der Waals surface area contributed by atoms with Gasteiger partial charge in [0, 0.05) is 17.0 Å². The SMILES string of the molecule is CNC1c2ccc3ccccc3c2CSC1C. The largest absolute Gasteiger partial charge is 0.312 e. The molecule has 1 nitrogen and oxygen atoms in total. The van der Waals surface area contributed by atoms with Gasteiger partial charge in [0.05, 0.1) is 0 Å². The van der Waals surface area contributed by atoms with E-state index in [4.69, 9.17) is 0 Å². The molecule has 2 aromatic rings. The minimum absolute atomic E-state index is 0.480. The van der Waals surface area contributed by atoms with Crippen LogP contribution in [0.1, 0.15) is 24.1 Å². The Hall–Kier alpha value is -0.990. The molecule has 0 radical (unpaired) electrons. The zero-order valence-corrected chi connectivity index (χ0v) is 11.1. The van der Waals surface area contributed by atoms with E-state index in [1.807, 2.05) is 11.8 Å². The second-order valence-electron chi connectivity index (χ2n) is 4.64. The van der Waals surface area contributed by atoms with Gasteiger partial charge in [0.25, 0.3) is 0 Å². The molecule has 1 aliphatic rings. The molecule has 1 N–H and O–H groups in total. The highest BCUT2D eigenvalue weighted by Gasteiger charge is 2.26. The molecule has 1 heterocycles. The number of rotatable bonds is 1. The van der Waals surface area contributed by atoms with Crippen LogP contribution in [0, 0.1) is 0 Å². The lowest BCUT2D eigenvalue weighted by molar-refractivity contribution is 0.580. The average Bonchev–Trinajstić information content (AvgIpc) is 2.38. The van der Waals surface area contributed by atoms with E-state index < -0.39 is 0 Å². The molecule has 2 aromatic carbocycles. The van der Waals surface area contributed by atoms with Gasteiger partial charge in [0.15, 0.2) is 0 Å². The van der Waals surface area contributed by atoms with Crippen LogP contribution in [0.3, 0.4) is 0 Å². The monoisotopic (exact) mass is 243 g/mol. The van der Waals surface area contributed by atoms with Crippen molar-refractivity contribution in [3.8, 4) is 0 Å². The van der Waals surface area contributed by atoms with E-state index in [-0.39, 0.29) is 0 Å². The van der Waals surface area contributed by atoms with E-state index in [0.717, 1.165) is 5.75 Å². The molecular weight excluding hydrogens is 226 g/mol. The Morgan fingerprint density at radius 1 is 1.18 bits per heavy atom. The highest BCUT2D eigenvalue weighted by atomic mass is 32.2. The maximum atomic E-state index is 3.45. The van der Waals surface area contributed by atoms with E-state index in [0.29, 0.717) is 11.3 Å². The zero-order valence-electron chi connectivity index (χ0n) is 10.2. The molecule has 0 amide bonds. The molecule has 0 bridgehead atoms. The van der Waals surface area contributed by atoms with Gasteiger partial charge in [-0.3, -0.25) is 0 Å². The summed E-state index contributed by atoms with van der Waals surface area (Å²) in [4.78, 5) is 0. The van der Waals surface area contributed by atoms with Crippen molar-refractivity contribution >= 4 is 22.5 Å². The van der Waals surface area contributed by atoms with Crippen molar-refractivity contribution in [2.75, 3.05) is 7.05 Å². The molecule has 0 aliphatic carbocycles. The summed E-state index contributed by atoms with van der Waals surface area (Å²) in [6.45, 7) is 2.31. The number of benzene rings is 2. The summed E-state index contributed by atoms with van der Waals surface area (Å²) in [5.74, 6) is 1.13. The Kier molecular flexibility index (Phi) is 2.85. The fraction of sp³-hybridized carbons (Fsp3) is 0.333. The number of hydrogen-bond acceptors (Lipinski definition) is 2. The molecule has 0 fully saturated rings. The summed E-state index contributed by atoms with van der Waals surface area (Å²) in [5, 5.41) is 6.88. The molecule has 2 unspecified atom stereocenters. The summed E-state index contributed by atoms with van der Waals surface area (Å²) in [6, 6.07) is 13.7.